The Labute approximate surface area is 169 Å². The summed E-state index contributed by atoms with van der Waals surface area (Å²) in [5.74, 6) is 5.48. The van der Waals surface area contributed by atoms with E-state index in [1.165, 1.54) is 64.2 Å². The van der Waals surface area contributed by atoms with Crippen LogP contribution in [0, 0.1) is 46.3 Å². The highest BCUT2D eigenvalue weighted by atomic mass is 14.6. The van der Waals surface area contributed by atoms with E-state index in [4.69, 9.17) is 0 Å². The molecule has 4 aliphatic carbocycles. The van der Waals surface area contributed by atoms with Crippen LogP contribution in [0.5, 0.6) is 0 Å². The standard InChI is InChI=1S/C27H44/c1-19(2)9-8-10-20(3)23-14-15-24-22-13-12-21-11-6-7-17-26(21,4)25(22)16-18-27(23,24)5/h8,10-11,19-20,22-25H,6-7,9,12-18H2,1-5H3/t20-,22+,23-,24+,25+,26+,27-/m1/s1. The Morgan fingerprint density at radius 1 is 1.04 bits per heavy atom. The zero-order valence-electron chi connectivity index (χ0n) is 18.8. The van der Waals surface area contributed by atoms with Crippen molar-refractivity contribution in [3.05, 3.63) is 23.8 Å². The van der Waals surface area contributed by atoms with Crippen LogP contribution in [0.3, 0.4) is 0 Å². The van der Waals surface area contributed by atoms with Gasteiger partial charge in [0, 0.05) is 0 Å². The van der Waals surface area contributed by atoms with Gasteiger partial charge < -0.3 is 0 Å². The molecule has 152 valence electrons. The minimum atomic E-state index is 0.559. The number of rotatable bonds is 4. The molecule has 0 spiro atoms. The highest BCUT2D eigenvalue weighted by Gasteiger charge is 2.58. The molecule has 4 rings (SSSR count). The molecule has 4 aliphatic rings. The molecule has 3 fully saturated rings. The summed E-state index contributed by atoms with van der Waals surface area (Å²) in [4.78, 5) is 0. The van der Waals surface area contributed by atoms with Gasteiger partial charge in [-0.05, 0) is 111 Å². The van der Waals surface area contributed by atoms with Gasteiger partial charge in [0.25, 0.3) is 0 Å². The van der Waals surface area contributed by atoms with Crippen molar-refractivity contribution in [3.8, 4) is 0 Å². The summed E-state index contributed by atoms with van der Waals surface area (Å²) in [5.41, 5.74) is 3.02. The Morgan fingerprint density at radius 3 is 2.63 bits per heavy atom. The van der Waals surface area contributed by atoms with Crippen molar-refractivity contribution in [3.63, 3.8) is 0 Å². The second kappa shape index (κ2) is 7.38. The van der Waals surface area contributed by atoms with Gasteiger partial charge in [-0.25, -0.2) is 0 Å². The summed E-state index contributed by atoms with van der Waals surface area (Å²) >= 11 is 0. The Kier molecular flexibility index (Phi) is 5.41. The van der Waals surface area contributed by atoms with E-state index in [1.807, 2.05) is 5.57 Å². The highest BCUT2D eigenvalue weighted by molar-refractivity contribution is 5.24. The van der Waals surface area contributed by atoms with Crippen LogP contribution in [-0.2, 0) is 0 Å². The second-order valence-corrected chi connectivity index (χ2v) is 11.6. The Balaban J connectivity index is 1.52. The van der Waals surface area contributed by atoms with Crippen LogP contribution in [0.2, 0.25) is 0 Å². The Bertz CT molecular complexity index is 595. The molecule has 0 radical (unpaired) electrons. The SMILES string of the molecule is CC(C)CC=C[C@@H](C)[C@H]1CC[C@H]2[C@@H]3CCC4=CCCC[C@]4(C)[C@H]3CC[C@]12C. The molecule has 0 nitrogen and oxygen atoms in total. The summed E-state index contributed by atoms with van der Waals surface area (Å²) in [6, 6.07) is 0. The lowest BCUT2D eigenvalue weighted by Gasteiger charge is -2.58. The van der Waals surface area contributed by atoms with Crippen LogP contribution in [-0.4, -0.2) is 0 Å². The van der Waals surface area contributed by atoms with Crippen molar-refractivity contribution < 1.29 is 0 Å². The molecule has 0 aromatic rings. The van der Waals surface area contributed by atoms with Crippen molar-refractivity contribution in [2.45, 2.75) is 98.8 Å². The van der Waals surface area contributed by atoms with Crippen LogP contribution in [0.1, 0.15) is 98.8 Å². The molecule has 27 heavy (non-hydrogen) atoms. The van der Waals surface area contributed by atoms with E-state index in [1.54, 1.807) is 0 Å². The normalized spacial score (nSPS) is 45.3. The molecule has 0 aliphatic heterocycles. The van der Waals surface area contributed by atoms with Crippen molar-refractivity contribution in [1.29, 1.82) is 0 Å². The van der Waals surface area contributed by atoms with Crippen LogP contribution in [0.4, 0.5) is 0 Å². The molecule has 3 saturated carbocycles. The van der Waals surface area contributed by atoms with E-state index < -0.39 is 0 Å². The lowest BCUT2D eigenvalue weighted by molar-refractivity contribution is -0.0558. The fourth-order valence-electron chi connectivity index (χ4n) is 8.36. The largest absolute Gasteiger partial charge is 0.0880 e. The van der Waals surface area contributed by atoms with E-state index in [2.05, 4.69) is 52.8 Å². The van der Waals surface area contributed by atoms with Gasteiger partial charge in [0.05, 0.1) is 0 Å². The molecule has 0 aromatic heterocycles. The quantitative estimate of drug-likeness (QED) is 0.439. The van der Waals surface area contributed by atoms with Gasteiger partial charge in [-0.1, -0.05) is 58.4 Å². The minimum absolute atomic E-state index is 0.559. The second-order valence-electron chi connectivity index (χ2n) is 11.6. The van der Waals surface area contributed by atoms with Gasteiger partial charge in [-0.2, -0.15) is 0 Å². The minimum Gasteiger partial charge on any atom is -0.0880 e. The van der Waals surface area contributed by atoms with Gasteiger partial charge in [0.2, 0.25) is 0 Å². The lowest BCUT2D eigenvalue weighted by atomic mass is 9.46. The summed E-state index contributed by atoms with van der Waals surface area (Å²) < 4.78 is 0. The van der Waals surface area contributed by atoms with E-state index in [0.717, 1.165) is 35.5 Å². The van der Waals surface area contributed by atoms with Crippen LogP contribution < -0.4 is 0 Å². The molecule has 0 bridgehead atoms. The summed E-state index contributed by atoms with van der Waals surface area (Å²) in [7, 11) is 0. The monoisotopic (exact) mass is 368 g/mol. The van der Waals surface area contributed by atoms with Crippen LogP contribution in [0.15, 0.2) is 23.8 Å². The third kappa shape index (κ3) is 3.28. The van der Waals surface area contributed by atoms with E-state index in [0.29, 0.717) is 10.8 Å². The number of hydrogen-bond acceptors (Lipinski definition) is 0. The van der Waals surface area contributed by atoms with Crippen molar-refractivity contribution >= 4 is 0 Å². The number of hydrogen-bond donors (Lipinski definition) is 0. The van der Waals surface area contributed by atoms with Gasteiger partial charge in [0.1, 0.15) is 0 Å². The molecule has 0 unspecified atom stereocenters. The predicted molar refractivity (Wildman–Crippen MR) is 118 cm³/mol. The molecule has 0 heteroatoms. The summed E-state index contributed by atoms with van der Waals surface area (Å²) in [5, 5.41) is 0. The van der Waals surface area contributed by atoms with E-state index in [9.17, 15) is 0 Å². The van der Waals surface area contributed by atoms with Gasteiger partial charge in [-0.3, -0.25) is 0 Å². The fraction of sp³-hybridized carbons (Fsp3) is 0.852. The third-order valence-corrected chi connectivity index (χ3v) is 9.78. The van der Waals surface area contributed by atoms with E-state index >= 15 is 0 Å². The first-order chi connectivity index (χ1) is 12.9. The summed E-state index contributed by atoms with van der Waals surface area (Å²) in [6.45, 7) is 12.5. The van der Waals surface area contributed by atoms with Gasteiger partial charge in [0.15, 0.2) is 0 Å². The first kappa shape index (κ1) is 19.8. The molecule has 0 N–H and O–H groups in total. The van der Waals surface area contributed by atoms with Crippen molar-refractivity contribution in [2.24, 2.45) is 46.3 Å². The average molecular weight is 369 g/mol. The maximum Gasteiger partial charge on any atom is -0.00853 e. The molecule has 0 aromatic carbocycles. The molecule has 0 heterocycles. The van der Waals surface area contributed by atoms with Crippen LogP contribution >= 0.6 is 0 Å². The van der Waals surface area contributed by atoms with Crippen LogP contribution in [0.25, 0.3) is 0 Å². The number of fused-ring (bicyclic) bond motifs is 5. The highest BCUT2D eigenvalue weighted by Crippen LogP contribution is 2.67. The molecular weight excluding hydrogens is 324 g/mol. The smallest absolute Gasteiger partial charge is 0.00853 e. The van der Waals surface area contributed by atoms with E-state index in [-0.39, 0.29) is 0 Å². The van der Waals surface area contributed by atoms with Crippen molar-refractivity contribution in [1.82, 2.24) is 0 Å². The molecular formula is C27H44. The maximum absolute atomic E-state index is 2.70. The Morgan fingerprint density at radius 2 is 1.85 bits per heavy atom. The lowest BCUT2D eigenvalue weighted by Crippen LogP contribution is -2.50. The molecule has 0 amide bonds. The maximum atomic E-state index is 2.70. The zero-order chi connectivity index (χ0) is 19.2. The third-order valence-electron chi connectivity index (χ3n) is 9.78. The zero-order valence-corrected chi connectivity index (χ0v) is 18.8. The topological polar surface area (TPSA) is 0 Å². The first-order valence-electron chi connectivity index (χ1n) is 12.2. The number of allylic oxidation sites excluding steroid dienone is 4. The van der Waals surface area contributed by atoms with Gasteiger partial charge >= 0.3 is 0 Å². The van der Waals surface area contributed by atoms with Gasteiger partial charge in [-0.15, -0.1) is 0 Å². The average Bonchev–Trinajstić information content (AvgIpc) is 2.98. The molecule has 7 atom stereocenters. The Hall–Kier alpha value is -0.520. The van der Waals surface area contributed by atoms with Crippen molar-refractivity contribution in [2.75, 3.05) is 0 Å². The predicted octanol–water partition coefficient (Wildman–Crippen LogP) is 8.19. The fourth-order valence-corrected chi connectivity index (χ4v) is 8.36. The summed E-state index contributed by atoms with van der Waals surface area (Å²) in [6.07, 6.45) is 22.1. The molecule has 0 saturated heterocycles. The first-order valence-corrected chi connectivity index (χ1v) is 12.2.